The van der Waals surface area contributed by atoms with E-state index in [1.54, 1.807) is 62.1 Å². The first-order chi connectivity index (χ1) is 15.1. The molecule has 1 fully saturated rings. The van der Waals surface area contributed by atoms with Crippen LogP contribution in [0.25, 0.3) is 6.08 Å². The summed E-state index contributed by atoms with van der Waals surface area (Å²) in [6.07, 6.45) is 4.91. The molecule has 1 saturated heterocycles. The van der Waals surface area contributed by atoms with Gasteiger partial charge in [-0.15, -0.1) is 5.10 Å². The highest BCUT2D eigenvalue weighted by Gasteiger charge is 2.34. The maximum atomic E-state index is 13.0. The van der Waals surface area contributed by atoms with Crippen molar-refractivity contribution in [1.29, 1.82) is 0 Å². The summed E-state index contributed by atoms with van der Waals surface area (Å²) in [6, 6.07) is 17.7. The van der Waals surface area contributed by atoms with Crippen LogP contribution in [0.5, 0.6) is 11.5 Å². The van der Waals surface area contributed by atoms with Crippen LogP contribution in [0.1, 0.15) is 16.9 Å². The number of nitrogens with zero attached hydrogens (tertiary/aromatic N) is 3. The van der Waals surface area contributed by atoms with E-state index in [9.17, 15) is 9.90 Å². The normalized spacial score (nSPS) is 16.7. The Morgan fingerprint density at radius 1 is 1.13 bits per heavy atom. The summed E-state index contributed by atoms with van der Waals surface area (Å²) in [6.45, 7) is 0.245. The molecule has 0 radical (unpaired) electrons. The van der Waals surface area contributed by atoms with Crippen LogP contribution in [0, 0.1) is 0 Å². The number of para-hydroxylation sites is 1. The van der Waals surface area contributed by atoms with Gasteiger partial charge in [0.1, 0.15) is 17.3 Å². The van der Waals surface area contributed by atoms with Crippen LogP contribution in [0.15, 0.2) is 86.5 Å². The predicted octanol–water partition coefficient (Wildman–Crippen LogP) is 4.50. The summed E-state index contributed by atoms with van der Waals surface area (Å²) in [7, 11) is 1.59. The number of benzene rings is 2. The van der Waals surface area contributed by atoms with E-state index in [0.717, 1.165) is 11.1 Å². The van der Waals surface area contributed by atoms with Crippen LogP contribution in [-0.4, -0.2) is 34.4 Å². The summed E-state index contributed by atoms with van der Waals surface area (Å²) < 4.78 is 10.7. The lowest BCUT2D eigenvalue weighted by atomic mass is 10.2. The van der Waals surface area contributed by atoms with Crippen LogP contribution in [0.3, 0.4) is 0 Å². The minimum Gasteiger partial charge on any atom is -0.508 e. The average Bonchev–Trinajstić information content (AvgIpc) is 3.40. The van der Waals surface area contributed by atoms with Crippen molar-refractivity contribution in [3.63, 3.8) is 0 Å². The molecule has 0 saturated carbocycles. The van der Waals surface area contributed by atoms with E-state index in [2.05, 4.69) is 10.2 Å². The van der Waals surface area contributed by atoms with Crippen LogP contribution in [-0.2, 0) is 11.3 Å². The van der Waals surface area contributed by atoms with E-state index in [-0.39, 0.29) is 18.2 Å². The Hall–Kier alpha value is -3.78. The van der Waals surface area contributed by atoms with E-state index in [0.29, 0.717) is 21.6 Å². The van der Waals surface area contributed by atoms with Gasteiger partial charge in [-0.2, -0.15) is 5.10 Å². The number of rotatable bonds is 6. The lowest BCUT2D eigenvalue weighted by Gasteiger charge is -2.12. The Bertz CT molecular complexity index is 1150. The number of amides is 1. The fraction of sp³-hybridized carbons (Fsp3) is 0.0870. The second-order valence-electron chi connectivity index (χ2n) is 6.54. The monoisotopic (exact) mass is 433 g/mol. The third kappa shape index (κ3) is 4.87. The second-order valence-corrected chi connectivity index (χ2v) is 7.55. The Morgan fingerprint density at radius 2 is 1.94 bits per heavy atom. The van der Waals surface area contributed by atoms with Crippen LogP contribution >= 0.6 is 11.8 Å². The van der Waals surface area contributed by atoms with Crippen molar-refractivity contribution in [2.75, 3.05) is 7.11 Å². The van der Waals surface area contributed by atoms with Crippen molar-refractivity contribution in [1.82, 2.24) is 4.90 Å². The SMILES string of the molecule is COc1ccccc1/C=N\N=C1\S/C(=C\c2ccc(O)cc2)C(=O)N1Cc1ccco1. The second kappa shape index (κ2) is 9.36. The summed E-state index contributed by atoms with van der Waals surface area (Å²) in [5, 5.41) is 18.4. The van der Waals surface area contributed by atoms with Gasteiger partial charge in [0.25, 0.3) is 5.91 Å². The standard InChI is InChI=1S/C23H19N3O4S/c1-29-20-7-3-2-5-17(20)14-24-25-23-26(15-19-6-4-12-30-19)22(28)21(31-23)13-16-8-10-18(27)11-9-16/h2-14,27H,15H2,1H3/b21-13-,24-14-,25-23+. The van der Waals surface area contributed by atoms with Crippen LogP contribution in [0.4, 0.5) is 0 Å². The van der Waals surface area contributed by atoms with E-state index < -0.39 is 0 Å². The van der Waals surface area contributed by atoms with E-state index >= 15 is 0 Å². The van der Waals surface area contributed by atoms with Crippen molar-refractivity contribution in [3.05, 3.63) is 88.7 Å². The molecule has 2 aromatic carbocycles. The molecule has 3 aromatic rings. The molecule has 1 aromatic heterocycles. The van der Waals surface area contributed by atoms with E-state index in [4.69, 9.17) is 9.15 Å². The smallest absolute Gasteiger partial charge is 0.267 e. The van der Waals surface area contributed by atoms with Crippen molar-refractivity contribution in [2.24, 2.45) is 10.2 Å². The molecular formula is C23H19N3O4S. The minimum atomic E-state index is -0.194. The first kappa shape index (κ1) is 20.5. The largest absolute Gasteiger partial charge is 0.508 e. The van der Waals surface area contributed by atoms with Crippen molar-refractivity contribution in [3.8, 4) is 11.5 Å². The van der Waals surface area contributed by atoms with Crippen molar-refractivity contribution in [2.45, 2.75) is 6.54 Å². The Morgan fingerprint density at radius 3 is 2.68 bits per heavy atom. The van der Waals surface area contributed by atoms with Gasteiger partial charge in [0.2, 0.25) is 0 Å². The van der Waals surface area contributed by atoms with Gasteiger partial charge < -0.3 is 14.3 Å². The summed E-state index contributed by atoms with van der Waals surface area (Å²) in [5.41, 5.74) is 1.58. The molecule has 0 spiro atoms. The van der Waals surface area contributed by atoms with E-state index in [1.165, 1.54) is 16.7 Å². The average molecular weight is 433 g/mol. The van der Waals surface area contributed by atoms with Gasteiger partial charge >= 0.3 is 0 Å². The molecule has 31 heavy (non-hydrogen) atoms. The molecule has 2 heterocycles. The molecule has 7 nitrogen and oxygen atoms in total. The number of ether oxygens (including phenoxy) is 1. The highest BCUT2D eigenvalue weighted by atomic mass is 32.2. The number of furan rings is 1. The number of thioether (sulfide) groups is 1. The number of methoxy groups -OCH3 is 1. The molecule has 1 N–H and O–H groups in total. The topological polar surface area (TPSA) is 87.6 Å². The maximum absolute atomic E-state index is 13.0. The fourth-order valence-corrected chi connectivity index (χ4v) is 3.85. The minimum absolute atomic E-state index is 0.167. The molecule has 4 rings (SSSR count). The molecule has 0 atom stereocenters. The number of hydrogen-bond donors (Lipinski definition) is 1. The number of phenols is 1. The first-order valence-electron chi connectivity index (χ1n) is 9.41. The lowest BCUT2D eigenvalue weighted by molar-refractivity contribution is -0.122. The highest BCUT2D eigenvalue weighted by Crippen LogP contribution is 2.34. The van der Waals surface area contributed by atoms with Crippen LogP contribution < -0.4 is 4.74 Å². The van der Waals surface area contributed by atoms with Gasteiger partial charge in [0, 0.05) is 5.56 Å². The zero-order valence-corrected chi connectivity index (χ0v) is 17.5. The zero-order valence-electron chi connectivity index (χ0n) is 16.6. The Kier molecular flexibility index (Phi) is 6.18. The number of carbonyl (C=O) groups excluding carboxylic acids is 1. The number of aromatic hydroxyl groups is 1. The quantitative estimate of drug-likeness (QED) is 0.351. The number of hydrogen-bond acceptors (Lipinski definition) is 7. The fourth-order valence-electron chi connectivity index (χ4n) is 2.92. The summed E-state index contributed by atoms with van der Waals surface area (Å²) in [5.74, 6) is 1.30. The van der Waals surface area contributed by atoms with Gasteiger partial charge in [-0.05, 0) is 59.8 Å². The first-order valence-corrected chi connectivity index (χ1v) is 10.2. The molecule has 1 aliphatic heterocycles. The predicted molar refractivity (Wildman–Crippen MR) is 121 cm³/mol. The van der Waals surface area contributed by atoms with Gasteiger partial charge in [-0.1, -0.05) is 24.3 Å². The number of carbonyl (C=O) groups is 1. The molecular weight excluding hydrogens is 414 g/mol. The molecule has 156 valence electrons. The highest BCUT2D eigenvalue weighted by molar-refractivity contribution is 8.18. The zero-order chi connectivity index (χ0) is 21.6. The molecule has 1 aliphatic rings. The maximum Gasteiger partial charge on any atom is 0.267 e. The van der Waals surface area contributed by atoms with E-state index in [1.807, 2.05) is 24.3 Å². The van der Waals surface area contributed by atoms with Crippen molar-refractivity contribution < 1.29 is 19.1 Å². The van der Waals surface area contributed by atoms with Gasteiger partial charge in [-0.3, -0.25) is 9.69 Å². The molecule has 0 aliphatic carbocycles. The third-order valence-electron chi connectivity index (χ3n) is 4.45. The molecule has 8 heteroatoms. The number of amidine groups is 1. The van der Waals surface area contributed by atoms with Crippen LogP contribution in [0.2, 0.25) is 0 Å². The van der Waals surface area contributed by atoms with Crippen molar-refractivity contribution >= 4 is 35.1 Å². The summed E-state index contributed by atoms with van der Waals surface area (Å²) in [4.78, 5) is 15.1. The number of phenolic OH excluding ortho intramolecular Hbond substituents is 1. The third-order valence-corrected chi connectivity index (χ3v) is 5.45. The Balaban J connectivity index is 1.62. The molecule has 0 bridgehead atoms. The van der Waals surface area contributed by atoms with Gasteiger partial charge in [-0.25, -0.2) is 0 Å². The van der Waals surface area contributed by atoms with Gasteiger partial charge in [0.05, 0.1) is 31.0 Å². The Labute approximate surface area is 183 Å². The molecule has 0 unspecified atom stereocenters. The summed E-state index contributed by atoms with van der Waals surface area (Å²) >= 11 is 1.23. The van der Waals surface area contributed by atoms with Gasteiger partial charge in [0.15, 0.2) is 5.17 Å². The molecule has 1 amide bonds. The lowest BCUT2D eigenvalue weighted by Crippen LogP contribution is -2.28.